The molecule has 0 atom stereocenters. The third-order valence-corrected chi connectivity index (χ3v) is 3.31. The molecule has 1 amide bonds. The van der Waals surface area contributed by atoms with E-state index >= 15 is 0 Å². The van der Waals surface area contributed by atoms with Gasteiger partial charge >= 0.3 is 0 Å². The van der Waals surface area contributed by atoms with Crippen LogP contribution in [0, 0.1) is 5.82 Å². The predicted octanol–water partition coefficient (Wildman–Crippen LogP) is 2.52. The van der Waals surface area contributed by atoms with E-state index < -0.39 is 5.82 Å². The molecule has 116 valence electrons. The molecule has 0 saturated carbocycles. The van der Waals surface area contributed by atoms with E-state index in [0.717, 1.165) is 5.69 Å². The molecule has 1 aromatic heterocycles. The van der Waals surface area contributed by atoms with Gasteiger partial charge in [-0.05, 0) is 30.2 Å². The van der Waals surface area contributed by atoms with Crippen molar-refractivity contribution in [1.29, 1.82) is 0 Å². The van der Waals surface area contributed by atoms with Gasteiger partial charge in [-0.3, -0.25) is 9.78 Å². The summed E-state index contributed by atoms with van der Waals surface area (Å²) in [6.07, 6.45) is 2.99. The zero-order valence-corrected chi connectivity index (χ0v) is 12.5. The average molecular weight is 302 g/mol. The molecule has 0 saturated heterocycles. The number of nitrogens with one attached hydrogen (secondary N) is 1. The Labute approximate surface area is 129 Å². The number of methoxy groups -OCH3 is 1. The molecule has 0 bridgehead atoms. The van der Waals surface area contributed by atoms with E-state index in [1.165, 1.54) is 7.11 Å². The number of nitrogens with zero attached hydrogens (tertiary/aromatic N) is 1. The quantitative estimate of drug-likeness (QED) is 0.855. The van der Waals surface area contributed by atoms with Crippen LogP contribution in [0.15, 0.2) is 42.6 Å². The lowest BCUT2D eigenvalue weighted by Gasteiger charge is -2.08. The molecular weight excluding hydrogens is 283 g/mol. The van der Waals surface area contributed by atoms with Crippen molar-refractivity contribution in [3.63, 3.8) is 0 Å². The number of amides is 1. The first-order valence-electron chi connectivity index (χ1n) is 7.18. The average Bonchev–Trinajstić information content (AvgIpc) is 2.55. The fourth-order valence-corrected chi connectivity index (χ4v) is 2.12. The van der Waals surface area contributed by atoms with Gasteiger partial charge in [-0.1, -0.05) is 18.2 Å². The van der Waals surface area contributed by atoms with Crippen molar-refractivity contribution in [3.05, 3.63) is 59.7 Å². The standard InChI is InChI=1S/C17H19FN2O2/c1-22-15-7-4-5-13(17(15)18)8-9-16(21)20-12-10-14-6-2-3-11-19-14/h2-7,11H,8-10,12H2,1H3,(H,20,21). The van der Waals surface area contributed by atoms with Gasteiger partial charge in [0, 0.05) is 31.3 Å². The van der Waals surface area contributed by atoms with Gasteiger partial charge in [0.25, 0.3) is 0 Å². The summed E-state index contributed by atoms with van der Waals surface area (Å²) in [5.41, 5.74) is 1.42. The van der Waals surface area contributed by atoms with Crippen molar-refractivity contribution in [2.75, 3.05) is 13.7 Å². The fraction of sp³-hybridized carbons (Fsp3) is 0.294. The Bertz CT molecular complexity index is 617. The highest BCUT2D eigenvalue weighted by Gasteiger charge is 2.10. The third-order valence-electron chi connectivity index (χ3n) is 3.31. The van der Waals surface area contributed by atoms with E-state index in [2.05, 4.69) is 10.3 Å². The minimum atomic E-state index is -0.397. The normalized spacial score (nSPS) is 10.3. The highest BCUT2D eigenvalue weighted by atomic mass is 19.1. The second-order valence-electron chi connectivity index (χ2n) is 4.85. The Kier molecular flexibility index (Phi) is 5.89. The number of ether oxygens (including phenoxy) is 1. The maximum atomic E-state index is 13.9. The van der Waals surface area contributed by atoms with Crippen LogP contribution in [0.5, 0.6) is 5.75 Å². The molecule has 0 radical (unpaired) electrons. The molecule has 1 aromatic carbocycles. The summed E-state index contributed by atoms with van der Waals surface area (Å²) in [5, 5.41) is 2.82. The SMILES string of the molecule is COc1cccc(CCC(=O)NCCc2ccccn2)c1F. The molecule has 0 spiro atoms. The highest BCUT2D eigenvalue weighted by Crippen LogP contribution is 2.20. The van der Waals surface area contributed by atoms with E-state index in [-0.39, 0.29) is 18.1 Å². The molecule has 1 heterocycles. The van der Waals surface area contributed by atoms with Gasteiger partial charge in [-0.15, -0.1) is 0 Å². The van der Waals surface area contributed by atoms with Crippen LogP contribution >= 0.6 is 0 Å². The zero-order chi connectivity index (χ0) is 15.8. The van der Waals surface area contributed by atoms with Gasteiger partial charge in [0.05, 0.1) is 7.11 Å². The monoisotopic (exact) mass is 302 g/mol. The van der Waals surface area contributed by atoms with Crippen molar-refractivity contribution >= 4 is 5.91 Å². The van der Waals surface area contributed by atoms with E-state index in [9.17, 15) is 9.18 Å². The van der Waals surface area contributed by atoms with Crippen molar-refractivity contribution < 1.29 is 13.9 Å². The first-order chi connectivity index (χ1) is 10.7. The number of carbonyl (C=O) groups is 1. The Morgan fingerprint density at radius 1 is 1.23 bits per heavy atom. The smallest absolute Gasteiger partial charge is 0.220 e. The molecule has 0 aliphatic rings. The Hall–Kier alpha value is -2.43. The van der Waals surface area contributed by atoms with Crippen LogP contribution in [0.4, 0.5) is 4.39 Å². The number of carbonyl (C=O) groups excluding carboxylic acids is 1. The first-order valence-corrected chi connectivity index (χ1v) is 7.18. The first kappa shape index (κ1) is 15.9. The topological polar surface area (TPSA) is 51.2 Å². The van der Waals surface area contributed by atoms with E-state index in [0.29, 0.717) is 24.9 Å². The second kappa shape index (κ2) is 8.12. The Balaban J connectivity index is 1.76. The number of aromatic nitrogens is 1. The van der Waals surface area contributed by atoms with E-state index in [1.807, 2.05) is 18.2 Å². The van der Waals surface area contributed by atoms with Crippen LogP contribution in [-0.2, 0) is 17.6 Å². The minimum absolute atomic E-state index is 0.0989. The van der Waals surface area contributed by atoms with Crippen LogP contribution in [0.1, 0.15) is 17.7 Å². The molecule has 0 aliphatic carbocycles. The maximum Gasteiger partial charge on any atom is 0.220 e. The summed E-state index contributed by atoms with van der Waals surface area (Å²) in [6, 6.07) is 10.6. The molecule has 4 nitrogen and oxygen atoms in total. The fourth-order valence-electron chi connectivity index (χ4n) is 2.12. The van der Waals surface area contributed by atoms with Crippen molar-refractivity contribution in [2.45, 2.75) is 19.3 Å². The number of hydrogen-bond acceptors (Lipinski definition) is 3. The van der Waals surface area contributed by atoms with Gasteiger partial charge in [-0.25, -0.2) is 4.39 Å². The summed E-state index contributed by atoms with van der Waals surface area (Å²) >= 11 is 0. The Morgan fingerprint density at radius 3 is 2.82 bits per heavy atom. The lowest BCUT2D eigenvalue weighted by atomic mass is 10.1. The second-order valence-corrected chi connectivity index (χ2v) is 4.85. The highest BCUT2D eigenvalue weighted by molar-refractivity contribution is 5.76. The lowest BCUT2D eigenvalue weighted by Crippen LogP contribution is -2.26. The minimum Gasteiger partial charge on any atom is -0.494 e. The number of halogens is 1. The van der Waals surface area contributed by atoms with Crippen LogP contribution in [0.3, 0.4) is 0 Å². The number of rotatable bonds is 7. The molecule has 2 aromatic rings. The molecule has 5 heteroatoms. The van der Waals surface area contributed by atoms with E-state index in [1.54, 1.807) is 24.4 Å². The zero-order valence-electron chi connectivity index (χ0n) is 12.5. The summed E-state index contributed by atoms with van der Waals surface area (Å²) < 4.78 is 18.9. The largest absolute Gasteiger partial charge is 0.494 e. The summed E-state index contributed by atoms with van der Waals surface area (Å²) in [5.74, 6) is -0.294. The number of pyridine rings is 1. The molecule has 22 heavy (non-hydrogen) atoms. The van der Waals surface area contributed by atoms with Crippen molar-refractivity contribution in [3.8, 4) is 5.75 Å². The van der Waals surface area contributed by atoms with Gasteiger partial charge in [0.15, 0.2) is 11.6 Å². The van der Waals surface area contributed by atoms with E-state index in [4.69, 9.17) is 4.74 Å². The number of hydrogen-bond donors (Lipinski definition) is 1. The summed E-state index contributed by atoms with van der Waals surface area (Å²) in [4.78, 5) is 16.0. The Morgan fingerprint density at radius 2 is 2.09 bits per heavy atom. The van der Waals surface area contributed by atoms with Crippen LogP contribution in [0.25, 0.3) is 0 Å². The van der Waals surface area contributed by atoms with Gasteiger partial charge in [0.2, 0.25) is 5.91 Å². The molecule has 0 aliphatic heterocycles. The molecular formula is C17H19FN2O2. The molecule has 0 fully saturated rings. The van der Waals surface area contributed by atoms with Crippen LogP contribution < -0.4 is 10.1 Å². The van der Waals surface area contributed by atoms with Crippen LogP contribution in [-0.4, -0.2) is 24.5 Å². The predicted molar refractivity (Wildman–Crippen MR) is 82.2 cm³/mol. The number of aryl methyl sites for hydroxylation is 1. The molecule has 1 N–H and O–H groups in total. The van der Waals surface area contributed by atoms with Gasteiger partial charge < -0.3 is 10.1 Å². The van der Waals surface area contributed by atoms with Crippen molar-refractivity contribution in [1.82, 2.24) is 10.3 Å². The summed E-state index contributed by atoms with van der Waals surface area (Å²) in [7, 11) is 1.42. The molecule has 2 rings (SSSR count). The summed E-state index contributed by atoms with van der Waals surface area (Å²) in [6.45, 7) is 0.524. The maximum absolute atomic E-state index is 13.9. The van der Waals surface area contributed by atoms with Gasteiger partial charge in [0.1, 0.15) is 0 Å². The van der Waals surface area contributed by atoms with Crippen LogP contribution in [0.2, 0.25) is 0 Å². The van der Waals surface area contributed by atoms with Gasteiger partial charge in [-0.2, -0.15) is 0 Å². The third kappa shape index (κ3) is 4.55. The number of benzene rings is 1. The van der Waals surface area contributed by atoms with Crippen molar-refractivity contribution in [2.24, 2.45) is 0 Å². The molecule has 0 unspecified atom stereocenters. The lowest BCUT2D eigenvalue weighted by molar-refractivity contribution is -0.121.